The molecule has 6 rings (SSSR count). The first kappa shape index (κ1) is 35.8. The van der Waals surface area contributed by atoms with Crippen LogP contribution in [-0.2, 0) is 24.9 Å². The second kappa shape index (κ2) is 13.4. The number of benzene rings is 2. The molecule has 1 aliphatic rings. The van der Waals surface area contributed by atoms with Gasteiger partial charge in [0.1, 0.15) is 11.6 Å². The third-order valence-corrected chi connectivity index (χ3v) is 9.51. The third-order valence-electron chi connectivity index (χ3n) is 7.54. The number of nitrogens with zero attached hydrogens (tertiary/aromatic N) is 5. The number of fused-ring (bicyclic) bond motifs is 2. The van der Waals surface area contributed by atoms with Crippen molar-refractivity contribution in [2.75, 3.05) is 0 Å². The van der Waals surface area contributed by atoms with Gasteiger partial charge in [-0.05, 0) is 96.2 Å². The van der Waals surface area contributed by atoms with Gasteiger partial charge in [0.2, 0.25) is 0 Å². The lowest BCUT2D eigenvalue weighted by atomic mass is 9.99. The maximum Gasteiger partial charge on any atom is 0.477 e. The highest BCUT2D eigenvalue weighted by molar-refractivity contribution is 7.48. The van der Waals surface area contributed by atoms with E-state index in [0.717, 1.165) is 24.1 Å². The van der Waals surface area contributed by atoms with Gasteiger partial charge in [0.15, 0.2) is 12.4 Å². The number of rotatable bonds is 9. The first-order chi connectivity index (χ1) is 22.5. The zero-order chi connectivity index (χ0) is 35.2. The van der Waals surface area contributed by atoms with Crippen molar-refractivity contribution in [3.05, 3.63) is 71.8 Å². The molecule has 0 radical (unpaired) electrons. The molecule has 1 aliphatic carbocycles. The number of hydrogen-bond acceptors (Lipinski definition) is 7. The third kappa shape index (κ3) is 7.70. The topological polar surface area (TPSA) is 92.8 Å². The van der Waals surface area contributed by atoms with Gasteiger partial charge in [0.05, 0.1) is 51.6 Å². The van der Waals surface area contributed by atoms with Crippen molar-refractivity contribution >= 4 is 24.4 Å². The van der Waals surface area contributed by atoms with E-state index < -0.39 is 24.8 Å². The molecule has 0 atom stereocenters. The summed E-state index contributed by atoms with van der Waals surface area (Å²) in [5.74, 6) is -0.491. The van der Waals surface area contributed by atoms with Crippen molar-refractivity contribution in [3.63, 3.8) is 0 Å². The summed E-state index contributed by atoms with van der Waals surface area (Å²) in [6, 6.07) is 8.44. The van der Waals surface area contributed by atoms with Crippen LogP contribution in [0.25, 0.3) is 39.1 Å². The van der Waals surface area contributed by atoms with E-state index in [1.165, 1.54) is 16.9 Å². The minimum Gasteiger partial charge on any atom is -0.296 e. The molecule has 0 saturated heterocycles. The molecule has 0 amide bonds. The van der Waals surface area contributed by atoms with Crippen LogP contribution in [0.15, 0.2) is 48.9 Å². The van der Waals surface area contributed by atoms with E-state index in [2.05, 4.69) is 10.1 Å². The molecular formula is C36H46F2N5O4P. The molecule has 1 saturated carbocycles. The monoisotopic (exact) mass is 681 g/mol. The molecule has 0 bridgehead atoms. The van der Waals surface area contributed by atoms with E-state index in [1.807, 2.05) is 44.4 Å². The van der Waals surface area contributed by atoms with Gasteiger partial charge in [-0.3, -0.25) is 23.0 Å². The van der Waals surface area contributed by atoms with Crippen LogP contribution in [0.4, 0.5) is 8.78 Å². The van der Waals surface area contributed by atoms with Crippen LogP contribution in [0.1, 0.15) is 105 Å². The lowest BCUT2D eigenvalue weighted by Crippen LogP contribution is -2.25. The average Bonchev–Trinajstić information content (AvgIpc) is 3.65. The molecule has 0 N–H and O–H groups in total. The van der Waals surface area contributed by atoms with Crippen LogP contribution in [-0.4, -0.2) is 35.4 Å². The van der Waals surface area contributed by atoms with E-state index >= 15 is 4.39 Å². The van der Waals surface area contributed by atoms with E-state index in [1.54, 1.807) is 65.9 Å². The summed E-state index contributed by atoms with van der Waals surface area (Å²) < 4.78 is 64.9. The molecule has 48 heavy (non-hydrogen) atoms. The normalized spacial score (nSPS) is 14.2. The van der Waals surface area contributed by atoms with Gasteiger partial charge >= 0.3 is 7.82 Å². The lowest BCUT2D eigenvalue weighted by molar-refractivity contribution is -0.00702. The molecule has 258 valence electrons. The fourth-order valence-corrected chi connectivity index (χ4v) is 7.19. The quantitative estimate of drug-likeness (QED) is 0.143. The van der Waals surface area contributed by atoms with Crippen LogP contribution >= 0.6 is 7.82 Å². The van der Waals surface area contributed by atoms with Gasteiger partial charge in [-0.1, -0.05) is 27.7 Å². The van der Waals surface area contributed by atoms with Crippen LogP contribution < -0.4 is 0 Å². The van der Waals surface area contributed by atoms with Gasteiger partial charge in [-0.2, -0.15) is 5.10 Å². The molecule has 3 aromatic heterocycles. The van der Waals surface area contributed by atoms with Crippen molar-refractivity contribution in [2.45, 2.75) is 112 Å². The molecular weight excluding hydrogens is 635 g/mol. The molecule has 1 fully saturated rings. The summed E-state index contributed by atoms with van der Waals surface area (Å²) in [4.78, 5) is 9.49. The average molecular weight is 682 g/mol. The Labute approximate surface area is 281 Å². The first-order valence-corrected chi connectivity index (χ1v) is 18.0. The number of imidazole rings is 1. The number of halogens is 2. The van der Waals surface area contributed by atoms with Gasteiger partial charge in [-0.25, -0.2) is 23.0 Å². The molecule has 0 unspecified atom stereocenters. The minimum atomic E-state index is -4.02. The minimum absolute atomic E-state index is 0.00469. The molecule has 2 aromatic carbocycles. The summed E-state index contributed by atoms with van der Waals surface area (Å²) in [5, 5.41) is 4.62. The summed E-state index contributed by atoms with van der Waals surface area (Å²) in [6.45, 7) is 18.2. The Hall–Kier alpha value is -3.50. The maximum atomic E-state index is 16.5. The predicted octanol–water partition coefficient (Wildman–Crippen LogP) is 10.4. The fourth-order valence-electron chi connectivity index (χ4n) is 5.45. The van der Waals surface area contributed by atoms with Crippen molar-refractivity contribution in [1.82, 2.24) is 24.1 Å². The Kier molecular flexibility index (Phi) is 10.0. The number of phosphoric acid groups is 1. The summed E-state index contributed by atoms with van der Waals surface area (Å²) in [6.07, 6.45) is 6.88. The zero-order valence-electron chi connectivity index (χ0n) is 29.5. The number of aromatic nitrogens is 5. The van der Waals surface area contributed by atoms with Gasteiger partial charge < -0.3 is 0 Å². The lowest BCUT2D eigenvalue weighted by Gasteiger charge is -2.30. The Morgan fingerprint density at radius 2 is 1.65 bits per heavy atom. The van der Waals surface area contributed by atoms with Crippen molar-refractivity contribution in [1.29, 1.82) is 0 Å². The van der Waals surface area contributed by atoms with E-state index in [-0.39, 0.29) is 29.8 Å². The largest absolute Gasteiger partial charge is 0.477 e. The second-order valence-corrected chi connectivity index (χ2v) is 15.6. The summed E-state index contributed by atoms with van der Waals surface area (Å²) in [7, 11) is -4.02. The van der Waals surface area contributed by atoms with Gasteiger partial charge in [-0.15, -0.1) is 0 Å². The SMILES string of the molecule is CC.CC(C)c1cc(-c2cn3c(-c4ccc5c(cnn5COP(=O)(OC(C)(C)C)OC(C)(C)C)c4F)c(C4CC4)nc3cn2)ccc1F. The van der Waals surface area contributed by atoms with E-state index in [0.29, 0.717) is 33.7 Å². The molecule has 9 nitrogen and oxygen atoms in total. The van der Waals surface area contributed by atoms with Crippen molar-refractivity contribution < 1.29 is 26.9 Å². The highest BCUT2D eigenvalue weighted by atomic mass is 31.2. The highest BCUT2D eigenvalue weighted by Crippen LogP contribution is 2.55. The maximum absolute atomic E-state index is 16.5. The van der Waals surface area contributed by atoms with Crippen LogP contribution in [0.2, 0.25) is 0 Å². The Balaban J connectivity index is 0.00000221. The second-order valence-electron chi connectivity index (χ2n) is 14.1. The van der Waals surface area contributed by atoms with Gasteiger partial charge in [0.25, 0.3) is 0 Å². The summed E-state index contributed by atoms with van der Waals surface area (Å²) >= 11 is 0. The predicted molar refractivity (Wildman–Crippen MR) is 185 cm³/mol. The fraction of sp³-hybridized carbons (Fsp3) is 0.472. The standard InChI is InChI=1S/C34H40F2N5O4P.C2H6/c1-20(2)24-15-22(11-13-26(24)35)27-18-40-29(17-37-27)39-31(21-9-10-21)32(40)23-12-14-28-25(30(23)36)16-38-41(28)19-43-46(42,44-33(3,4)5)45-34(6,7)8;1-2/h11-18,20-21H,9-10,19H2,1-8H3;1-2H3. The highest BCUT2D eigenvalue weighted by Gasteiger charge is 2.38. The molecule has 12 heteroatoms. The van der Waals surface area contributed by atoms with Crippen LogP contribution in [0.3, 0.4) is 0 Å². The first-order valence-electron chi connectivity index (χ1n) is 16.5. The molecule has 5 aromatic rings. The van der Waals surface area contributed by atoms with Crippen LogP contribution in [0, 0.1) is 11.6 Å². The smallest absolute Gasteiger partial charge is 0.296 e. The van der Waals surface area contributed by atoms with E-state index in [9.17, 15) is 8.96 Å². The van der Waals surface area contributed by atoms with E-state index in [4.69, 9.17) is 18.6 Å². The van der Waals surface area contributed by atoms with Crippen LogP contribution in [0.5, 0.6) is 0 Å². The zero-order valence-corrected chi connectivity index (χ0v) is 30.4. The molecule has 0 aliphatic heterocycles. The van der Waals surface area contributed by atoms with Crippen molar-refractivity contribution in [2.24, 2.45) is 0 Å². The van der Waals surface area contributed by atoms with Gasteiger partial charge in [0, 0.05) is 23.2 Å². The summed E-state index contributed by atoms with van der Waals surface area (Å²) in [5.41, 5.74) is 3.29. The molecule has 0 spiro atoms. The Morgan fingerprint density at radius 3 is 2.25 bits per heavy atom. The molecule has 3 heterocycles. The number of phosphoric ester groups is 1. The Morgan fingerprint density at radius 1 is 0.979 bits per heavy atom. The van der Waals surface area contributed by atoms with Crippen molar-refractivity contribution in [3.8, 4) is 22.5 Å². The number of hydrogen-bond donors (Lipinski definition) is 0. The Bertz CT molecular complexity index is 1970.